The number of nitriles is 1. The van der Waals surface area contributed by atoms with Crippen LogP contribution in [0.15, 0.2) is 30.3 Å². The van der Waals surface area contributed by atoms with Gasteiger partial charge in [-0.15, -0.1) is 0 Å². The van der Waals surface area contributed by atoms with Gasteiger partial charge in [0.15, 0.2) is 0 Å². The molecule has 7 heteroatoms. The van der Waals surface area contributed by atoms with Crippen LogP contribution in [0, 0.1) is 17.2 Å². The van der Waals surface area contributed by atoms with Gasteiger partial charge in [0.2, 0.25) is 11.8 Å². The average molecular weight is 330 g/mol. The van der Waals surface area contributed by atoms with Crippen molar-refractivity contribution < 1.29 is 14.4 Å². The summed E-state index contributed by atoms with van der Waals surface area (Å²) in [7, 11) is 0. The summed E-state index contributed by atoms with van der Waals surface area (Å²) in [5.74, 6) is -1.05. The zero-order valence-electron chi connectivity index (χ0n) is 13.8. The van der Waals surface area contributed by atoms with Gasteiger partial charge < -0.3 is 16.0 Å². The molecule has 0 unspecified atom stereocenters. The van der Waals surface area contributed by atoms with Crippen molar-refractivity contribution >= 4 is 17.7 Å². The highest BCUT2D eigenvalue weighted by atomic mass is 16.2. The summed E-state index contributed by atoms with van der Waals surface area (Å²) in [6, 6.07) is 9.62. The van der Waals surface area contributed by atoms with Gasteiger partial charge in [0.05, 0.1) is 12.6 Å². The van der Waals surface area contributed by atoms with E-state index in [0.717, 1.165) is 0 Å². The SMILES string of the molecule is CC(C)C[C@H](NC(=O)CNC(=O)c1ccccc1)C(=O)NCC#N. The Labute approximate surface area is 141 Å². The Hall–Kier alpha value is -2.88. The summed E-state index contributed by atoms with van der Waals surface area (Å²) in [6.07, 6.45) is 0.440. The van der Waals surface area contributed by atoms with E-state index < -0.39 is 17.9 Å². The first-order valence-corrected chi connectivity index (χ1v) is 7.71. The summed E-state index contributed by atoms with van der Waals surface area (Å²) in [4.78, 5) is 35.8. The average Bonchev–Trinajstić information content (AvgIpc) is 2.57. The zero-order chi connectivity index (χ0) is 17.9. The quantitative estimate of drug-likeness (QED) is 0.606. The first kappa shape index (κ1) is 19.2. The lowest BCUT2D eigenvalue weighted by Gasteiger charge is -2.19. The van der Waals surface area contributed by atoms with E-state index >= 15 is 0 Å². The molecule has 0 heterocycles. The van der Waals surface area contributed by atoms with Crippen LogP contribution in [0.25, 0.3) is 0 Å². The highest BCUT2D eigenvalue weighted by Crippen LogP contribution is 2.05. The van der Waals surface area contributed by atoms with Crippen molar-refractivity contribution in [1.29, 1.82) is 5.26 Å². The molecule has 3 amide bonds. The molecule has 7 nitrogen and oxygen atoms in total. The van der Waals surface area contributed by atoms with Gasteiger partial charge in [-0.1, -0.05) is 32.0 Å². The molecule has 1 aromatic rings. The molecule has 0 fully saturated rings. The highest BCUT2D eigenvalue weighted by molar-refractivity contribution is 5.97. The minimum absolute atomic E-state index is 0.117. The molecule has 0 radical (unpaired) electrons. The number of carbonyl (C=O) groups excluding carboxylic acids is 3. The van der Waals surface area contributed by atoms with Gasteiger partial charge >= 0.3 is 0 Å². The summed E-state index contributed by atoms with van der Waals surface area (Å²) < 4.78 is 0. The number of rotatable bonds is 8. The van der Waals surface area contributed by atoms with Gasteiger partial charge in [-0.2, -0.15) is 5.26 Å². The first-order chi connectivity index (χ1) is 11.4. The molecule has 0 aliphatic heterocycles. The molecule has 0 aromatic heterocycles. The number of hydrogen-bond donors (Lipinski definition) is 3. The summed E-state index contributed by atoms with van der Waals surface area (Å²) in [5.41, 5.74) is 0.454. The van der Waals surface area contributed by atoms with Crippen molar-refractivity contribution in [2.75, 3.05) is 13.1 Å². The third kappa shape index (κ3) is 6.92. The largest absolute Gasteiger partial charge is 0.343 e. The van der Waals surface area contributed by atoms with E-state index in [2.05, 4.69) is 16.0 Å². The van der Waals surface area contributed by atoms with Gasteiger partial charge in [0.1, 0.15) is 12.6 Å². The molecule has 128 valence electrons. The van der Waals surface area contributed by atoms with E-state index in [9.17, 15) is 14.4 Å². The molecule has 1 rings (SSSR count). The van der Waals surface area contributed by atoms with Crippen molar-refractivity contribution in [3.05, 3.63) is 35.9 Å². The van der Waals surface area contributed by atoms with Crippen molar-refractivity contribution in [3.63, 3.8) is 0 Å². The van der Waals surface area contributed by atoms with Gasteiger partial charge in [0.25, 0.3) is 5.91 Å². The van der Waals surface area contributed by atoms with E-state index in [-0.39, 0.29) is 24.9 Å². The molecular formula is C17H22N4O3. The second kappa shape index (κ2) is 10.0. The maximum Gasteiger partial charge on any atom is 0.251 e. The number of amides is 3. The van der Waals surface area contributed by atoms with Crippen LogP contribution in [0.3, 0.4) is 0 Å². The van der Waals surface area contributed by atoms with E-state index in [1.54, 1.807) is 30.3 Å². The lowest BCUT2D eigenvalue weighted by Crippen LogP contribution is -2.50. The van der Waals surface area contributed by atoms with Crippen LogP contribution in [0.1, 0.15) is 30.6 Å². The zero-order valence-corrected chi connectivity index (χ0v) is 13.8. The Morgan fingerprint density at radius 3 is 2.38 bits per heavy atom. The molecule has 3 N–H and O–H groups in total. The standard InChI is InChI=1S/C17H22N4O3/c1-12(2)10-14(17(24)19-9-8-18)21-15(22)11-20-16(23)13-6-4-3-5-7-13/h3-7,12,14H,9-11H2,1-2H3,(H,19,24)(H,20,23)(H,21,22)/t14-/m0/s1. The lowest BCUT2D eigenvalue weighted by molar-refractivity contribution is -0.128. The summed E-state index contributed by atoms with van der Waals surface area (Å²) in [5, 5.41) is 16.0. The molecule has 1 atom stereocenters. The molecule has 24 heavy (non-hydrogen) atoms. The summed E-state index contributed by atoms with van der Waals surface area (Å²) >= 11 is 0. The molecule has 0 spiro atoms. The van der Waals surface area contributed by atoms with E-state index in [0.29, 0.717) is 12.0 Å². The number of benzene rings is 1. The highest BCUT2D eigenvalue weighted by Gasteiger charge is 2.21. The number of nitrogens with one attached hydrogen (secondary N) is 3. The Bertz CT molecular complexity index is 608. The first-order valence-electron chi connectivity index (χ1n) is 7.71. The van der Waals surface area contributed by atoms with E-state index in [1.807, 2.05) is 19.9 Å². The fourth-order valence-electron chi connectivity index (χ4n) is 2.05. The minimum atomic E-state index is -0.737. The lowest BCUT2D eigenvalue weighted by atomic mass is 10.0. The third-order valence-electron chi connectivity index (χ3n) is 3.15. The van der Waals surface area contributed by atoms with E-state index in [1.165, 1.54) is 0 Å². The predicted molar refractivity (Wildman–Crippen MR) is 88.8 cm³/mol. The monoisotopic (exact) mass is 330 g/mol. The van der Waals surface area contributed by atoms with Crippen LogP contribution in [-0.2, 0) is 9.59 Å². The van der Waals surface area contributed by atoms with Gasteiger partial charge in [0, 0.05) is 5.56 Å². The fraction of sp³-hybridized carbons (Fsp3) is 0.412. The normalized spacial score (nSPS) is 11.2. The van der Waals surface area contributed by atoms with Gasteiger partial charge in [-0.25, -0.2) is 0 Å². The minimum Gasteiger partial charge on any atom is -0.343 e. The number of hydrogen-bond acceptors (Lipinski definition) is 4. The second-order valence-electron chi connectivity index (χ2n) is 5.67. The molecule has 0 saturated heterocycles. The number of carbonyl (C=O) groups is 3. The van der Waals surface area contributed by atoms with Crippen LogP contribution >= 0.6 is 0 Å². The van der Waals surface area contributed by atoms with Crippen LogP contribution in [0.5, 0.6) is 0 Å². The topological polar surface area (TPSA) is 111 Å². The van der Waals surface area contributed by atoms with Gasteiger partial charge in [-0.05, 0) is 24.5 Å². The predicted octanol–water partition coefficient (Wildman–Crippen LogP) is 0.587. The van der Waals surface area contributed by atoms with Crippen LogP contribution in [0.4, 0.5) is 0 Å². The van der Waals surface area contributed by atoms with Crippen molar-refractivity contribution in [3.8, 4) is 6.07 Å². The Kier molecular flexibility index (Phi) is 7.99. The smallest absolute Gasteiger partial charge is 0.251 e. The van der Waals surface area contributed by atoms with Crippen molar-refractivity contribution in [2.45, 2.75) is 26.3 Å². The van der Waals surface area contributed by atoms with Crippen molar-refractivity contribution in [1.82, 2.24) is 16.0 Å². The Morgan fingerprint density at radius 1 is 1.12 bits per heavy atom. The molecule has 1 aromatic carbocycles. The number of nitrogens with zero attached hydrogens (tertiary/aromatic N) is 1. The van der Waals surface area contributed by atoms with Crippen LogP contribution < -0.4 is 16.0 Å². The molecule has 0 saturated carbocycles. The fourth-order valence-corrected chi connectivity index (χ4v) is 2.05. The maximum absolute atomic E-state index is 12.0. The van der Waals surface area contributed by atoms with Crippen LogP contribution in [-0.4, -0.2) is 36.9 Å². The maximum atomic E-state index is 12.0. The Balaban J connectivity index is 2.53. The van der Waals surface area contributed by atoms with E-state index in [4.69, 9.17) is 5.26 Å². The van der Waals surface area contributed by atoms with Crippen molar-refractivity contribution in [2.24, 2.45) is 5.92 Å². The molecular weight excluding hydrogens is 308 g/mol. The summed E-state index contributed by atoms with van der Waals surface area (Å²) in [6.45, 7) is 3.50. The van der Waals surface area contributed by atoms with Crippen LogP contribution in [0.2, 0.25) is 0 Å². The second-order valence-corrected chi connectivity index (χ2v) is 5.67. The molecule has 0 aliphatic carbocycles. The third-order valence-corrected chi connectivity index (χ3v) is 3.15. The molecule has 0 bridgehead atoms. The van der Waals surface area contributed by atoms with Gasteiger partial charge in [-0.3, -0.25) is 14.4 Å². The molecule has 0 aliphatic rings. The Morgan fingerprint density at radius 2 is 1.79 bits per heavy atom.